The molecule has 0 radical (unpaired) electrons. The lowest BCUT2D eigenvalue weighted by molar-refractivity contribution is -0.0440. The van der Waals surface area contributed by atoms with Crippen LogP contribution in [0.1, 0.15) is 24.2 Å². The highest BCUT2D eigenvalue weighted by atomic mass is 32.2. The van der Waals surface area contributed by atoms with Gasteiger partial charge in [-0.05, 0) is 44.2 Å². The van der Waals surface area contributed by atoms with Crippen LogP contribution in [0, 0.1) is 0 Å². The molecule has 10 heteroatoms. The van der Waals surface area contributed by atoms with Gasteiger partial charge in [0.15, 0.2) is 10.9 Å². The molecule has 0 amide bonds. The smallest absolute Gasteiger partial charge is 0.243 e. The van der Waals surface area contributed by atoms with E-state index in [1.165, 1.54) is 27.8 Å². The van der Waals surface area contributed by atoms with Crippen LogP contribution in [0.15, 0.2) is 47.4 Å². The van der Waals surface area contributed by atoms with Gasteiger partial charge in [0, 0.05) is 18.7 Å². The summed E-state index contributed by atoms with van der Waals surface area (Å²) in [4.78, 5) is 17.3. The molecule has 2 aromatic carbocycles. The van der Waals surface area contributed by atoms with E-state index in [4.69, 9.17) is 9.47 Å². The summed E-state index contributed by atoms with van der Waals surface area (Å²) < 4.78 is 39.4. The summed E-state index contributed by atoms with van der Waals surface area (Å²) in [6.45, 7) is 4.28. The number of carbonyl (C=O) groups is 1. The van der Waals surface area contributed by atoms with E-state index in [2.05, 4.69) is 10.3 Å². The van der Waals surface area contributed by atoms with Crippen molar-refractivity contribution in [3.63, 3.8) is 0 Å². The predicted molar refractivity (Wildman–Crippen MR) is 124 cm³/mol. The molecule has 170 valence electrons. The molecule has 1 saturated heterocycles. The Morgan fingerprint density at radius 2 is 1.97 bits per heavy atom. The van der Waals surface area contributed by atoms with E-state index in [1.807, 2.05) is 32.0 Å². The molecule has 1 aliphatic heterocycles. The Balaban J connectivity index is 1.47. The van der Waals surface area contributed by atoms with Gasteiger partial charge < -0.3 is 14.8 Å². The minimum atomic E-state index is -3.72. The van der Waals surface area contributed by atoms with E-state index in [0.29, 0.717) is 10.7 Å². The van der Waals surface area contributed by atoms with Gasteiger partial charge in [0.2, 0.25) is 10.0 Å². The third-order valence-corrected chi connectivity index (χ3v) is 7.98. The molecule has 1 N–H and O–H groups in total. The average Bonchev–Trinajstić information content (AvgIpc) is 3.19. The Hall–Kier alpha value is -2.53. The lowest BCUT2D eigenvalue weighted by Gasteiger charge is -2.34. The number of sulfonamides is 1. The Morgan fingerprint density at radius 3 is 2.69 bits per heavy atom. The number of benzene rings is 2. The minimum absolute atomic E-state index is 0.00603. The monoisotopic (exact) mass is 475 g/mol. The van der Waals surface area contributed by atoms with Gasteiger partial charge in [-0.2, -0.15) is 4.31 Å². The number of aromatic nitrogens is 1. The van der Waals surface area contributed by atoms with Crippen molar-refractivity contribution in [3.05, 3.63) is 48.0 Å². The van der Waals surface area contributed by atoms with Crippen molar-refractivity contribution in [1.29, 1.82) is 0 Å². The first-order chi connectivity index (χ1) is 15.3. The summed E-state index contributed by atoms with van der Waals surface area (Å²) in [5.41, 5.74) is 1.14. The van der Waals surface area contributed by atoms with Crippen molar-refractivity contribution in [2.75, 3.05) is 32.1 Å². The van der Waals surface area contributed by atoms with E-state index in [0.717, 1.165) is 16.0 Å². The molecule has 4 rings (SSSR count). The van der Waals surface area contributed by atoms with Crippen molar-refractivity contribution in [2.24, 2.45) is 0 Å². The number of fused-ring (bicyclic) bond motifs is 1. The zero-order chi connectivity index (χ0) is 22.9. The van der Waals surface area contributed by atoms with Gasteiger partial charge >= 0.3 is 0 Å². The van der Waals surface area contributed by atoms with Crippen LogP contribution in [-0.2, 0) is 14.8 Å². The second-order valence-corrected chi connectivity index (χ2v) is 10.7. The maximum Gasteiger partial charge on any atom is 0.243 e. The van der Waals surface area contributed by atoms with E-state index < -0.39 is 10.0 Å². The number of hydrogen-bond donors (Lipinski definition) is 1. The fourth-order valence-electron chi connectivity index (χ4n) is 3.67. The Labute approximate surface area is 191 Å². The Bertz CT molecular complexity index is 1230. The van der Waals surface area contributed by atoms with Crippen LogP contribution in [0.2, 0.25) is 0 Å². The molecule has 2 heterocycles. The number of anilines is 1. The number of rotatable bonds is 7. The zero-order valence-corrected chi connectivity index (χ0v) is 19.7. The highest BCUT2D eigenvalue weighted by Gasteiger charge is 2.32. The number of methoxy groups -OCH3 is 1. The van der Waals surface area contributed by atoms with Crippen LogP contribution in [-0.4, -0.2) is 62.4 Å². The summed E-state index contributed by atoms with van der Waals surface area (Å²) >= 11 is 1.42. The fourth-order valence-corrected chi connectivity index (χ4v) is 6.20. The normalized spacial score (nSPS) is 19.7. The molecule has 1 fully saturated rings. The summed E-state index contributed by atoms with van der Waals surface area (Å²) in [7, 11) is -2.11. The molecule has 3 aromatic rings. The topological polar surface area (TPSA) is 97.8 Å². The van der Waals surface area contributed by atoms with Crippen molar-refractivity contribution < 1.29 is 22.7 Å². The molecule has 1 aromatic heterocycles. The second-order valence-electron chi connectivity index (χ2n) is 7.74. The molecule has 2 atom stereocenters. The molecule has 32 heavy (non-hydrogen) atoms. The quantitative estimate of drug-likeness (QED) is 0.523. The first-order valence-electron chi connectivity index (χ1n) is 10.2. The number of nitrogens with zero attached hydrogens (tertiary/aromatic N) is 2. The maximum absolute atomic E-state index is 13.1. The summed E-state index contributed by atoms with van der Waals surface area (Å²) in [6.07, 6.45) is -0.368. The molecule has 1 aliphatic rings. The van der Waals surface area contributed by atoms with Crippen molar-refractivity contribution >= 4 is 42.5 Å². The van der Waals surface area contributed by atoms with Crippen LogP contribution in [0.25, 0.3) is 10.2 Å². The minimum Gasteiger partial charge on any atom is -0.497 e. The fraction of sp³-hybridized carbons (Fsp3) is 0.364. The third-order valence-electron chi connectivity index (χ3n) is 5.18. The molecule has 0 saturated carbocycles. The molecule has 0 spiro atoms. The number of thiazole rings is 1. The second kappa shape index (κ2) is 9.14. The van der Waals surface area contributed by atoms with Gasteiger partial charge in [0.25, 0.3) is 0 Å². The number of hydrogen-bond acceptors (Lipinski definition) is 8. The third kappa shape index (κ3) is 4.78. The van der Waals surface area contributed by atoms with Gasteiger partial charge in [-0.15, -0.1) is 0 Å². The maximum atomic E-state index is 13.1. The predicted octanol–water partition coefficient (Wildman–Crippen LogP) is 3.40. The van der Waals surface area contributed by atoms with E-state index in [1.54, 1.807) is 19.2 Å². The standard InChI is InChI=1S/C22H25N3O5S2/c1-14-12-25(13-15(2)30-14)32(27,28)18-6-4-5-16(9-18)20(26)11-23-22-24-19-8-7-17(29-3)10-21(19)31-22/h4-10,14-15H,11-13H2,1-3H3,(H,23,24). The van der Waals surface area contributed by atoms with E-state index in [9.17, 15) is 13.2 Å². The lowest BCUT2D eigenvalue weighted by Crippen LogP contribution is -2.48. The van der Waals surface area contributed by atoms with Gasteiger partial charge in [-0.3, -0.25) is 4.79 Å². The van der Waals surface area contributed by atoms with Crippen LogP contribution in [0.4, 0.5) is 5.13 Å². The van der Waals surface area contributed by atoms with E-state index in [-0.39, 0.29) is 42.5 Å². The SMILES string of the molecule is COc1ccc2nc(NCC(=O)c3cccc(S(=O)(=O)N4CC(C)OC(C)C4)c3)sc2c1. The number of Topliss-reactive ketones (excluding diaryl/α,β-unsaturated/α-hetero) is 1. The highest BCUT2D eigenvalue weighted by Crippen LogP contribution is 2.29. The zero-order valence-electron chi connectivity index (χ0n) is 18.1. The van der Waals surface area contributed by atoms with Crippen molar-refractivity contribution in [1.82, 2.24) is 9.29 Å². The highest BCUT2D eigenvalue weighted by molar-refractivity contribution is 7.89. The van der Waals surface area contributed by atoms with Crippen LogP contribution < -0.4 is 10.1 Å². The van der Waals surface area contributed by atoms with E-state index >= 15 is 0 Å². The first-order valence-corrected chi connectivity index (χ1v) is 12.5. The summed E-state index contributed by atoms with van der Waals surface area (Å²) in [5.74, 6) is 0.522. The molecule has 0 bridgehead atoms. The van der Waals surface area contributed by atoms with Gasteiger partial charge in [-0.1, -0.05) is 23.5 Å². The van der Waals surface area contributed by atoms with Crippen molar-refractivity contribution in [3.8, 4) is 5.75 Å². The molecule has 0 aliphatic carbocycles. The van der Waals surface area contributed by atoms with Crippen LogP contribution in [0.5, 0.6) is 5.75 Å². The largest absolute Gasteiger partial charge is 0.497 e. The number of carbonyl (C=O) groups excluding carboxylic acids is 1. The molecule has 2 unspecified atom stereocenters. The van der Waals surface area contributed by atoms with Crippen LogP contribution >= 0.6 is 11.3 Å². The van der Waals surface area contributed by atoms with Crippen molar-refractivity contribution in [2.45, 2.75) is 31.0 Å². The van der Waals surface area contributed by atoms with Crippen LogP contribution in [0.3, 0.4) is 0 Å². The summed E-state index contributed by atoms with van der Waals surface area (Å²) in [5, 5.41) is 3.66. The first kappa shape index (κ1) is 22.7. The van der Waals surface area contributed by atoms with Gasteiger partial charge in [0.1, 0.15) is 5.75 Å². The van der Waals surface area contributed by atoms with Gasteiger partial charge in [0.05, 0.1) is 41.0 Å². The van der Waals surface area contributed by atoms with Gasteiger partial charge in [-0.25, -0.2) is 13.4 Å². The number of ketones is 1. The Morgan fingerprint density at radius 1 is 1.22 bits per heavy atom. The number of morpholine rings is 1. The molecular weight excluding hydrogens is 450 g/mol. The number of nitrogens with one attached hydrogen (secondary N) is 1. The average molecular weight is 476 g/mol. The Kier molecular flexibility index (Phi) is 6.47. The summed E-state index contributed by atoms with van der Waals surface area (Å²) in [6, 6.07) is 11.8. The molecular formula is C22H25N3O5S2. The number of ether oxygens (including phenoxy) is 2. The molecule has 8 nitrogen and oxygen atoms in total. The lowest BCUT2D eigenvalue weighted by atomic mass is 10.1.